The number of aryl methyl sites for hydroxylation is 2. The normalized spacial score (nSPS) is 11.1. The number of aromatic nitrogens is 3. The van der Waals surface area contributed by atoms with Crippen LogP contribution in [0.2, 0.25) is 0 Å². The molecule has 0 spiro atoms. The third-order valence-electron chi connectivity index (χ3n) is 4.84. The van der Waals surface area contributed by atoms with Gasteiger partial charge in [0.05, 0.1) is 17.7 Å². The highest BCUT2D eigenvalue weighted by molar-refractivity contribution is 7.22. The molecule has 0 aliphatic heterocycles. The number of hydrogen-bond acceptors (Lipinski definition) is 4. The van der Waals surface area contributed by atoms with E-state index < -0.39 is 0 Å². The Kier molecular flexibility index (Phi) is 5.40. The lowest BCUT2D eigenvalue weighted by Gasteiger charge is -2.20. The number of thiazole rings is 1. The van der Waals surface area contributed by atoms with E-state index in [1.807, 2.05) is 44.3 Å². The largest absolute Gasteiger partial charge is 0.286 e. The number of benzene rings is 2. The number of amides is 1. The van der Waals surface area contributed by atoms with Crippen LogP contribution in [0.5, 0.6) is 0 Å². The van der Waals surface area contributed by atoms with E-state index in [1.54, 1.807) is 21.8 Å². The molecule has 0 bridgehead atoms. The van der Waals surface area contributed by atoms with E-state index in [0.29, 0.717) is 23.7 Å². The van der Waals surface area contributed by atoms with Gasteiger partial charge >= 0.3 is 0 Å². The molecule has 0 radical (unpaired) electrons. The second-order valence-corrected chi connectivity index (χ2v) is 8.01. The highest BCUT2D eigenvalue weighted by Crippen LogP contribution is 2.30. The Morgan fingerprint density at radius 2 is 2.07 bits per heavy atom. The lowest BCUT2D eigenvalue weighted by molar-refractivity contribution is -0.118. The average Bonchev–Trinajstić information content (AvgIpc) is 3.35. The molecule has 0 saturated carbocycles. The Bertz CT molecular complexity index is 1150. The highest BCUT2D eigenvalue weighted by atomic mass is 32.1. The van der Waals surface area contributed by atoms with Crippen LogP contribution in [0.15, 0.2) is 54.9 Å². The third-order valence-corrected chi connectivity index (χ3v) is 5.89. The van der Waals surface area contributed by atoms with Crippen molar-refractivity contribution >= 4 is 32.6 Å². The Morgan fingerprint density at radius 1 is 1.21 bits per heavy atom. The monoisotopic (exact) mass is 408 g/mol. The summed E-state index contributed by atoms with van der Waals surface area (Å²) in [4.78, 5) is 19.3. The molecule has 0 aliphatic carbocycles. The van der Waals surface area contributed by atoms with Crippen LogP contribution < -0.4 is 4.90 Å². The van der Waals surface area contributed by atoms with Crippen LogP contribution in [0.3, 0.4) is 0 Å². The fourth-order valence-corrected chi connectivity index (χ4v) is 4.31. The first kappa shape index (κ1) is 19.3. The van der Waals surface area contributed by atoms with Crippen LogP contribution in [-0.4, -0.2) is 27.2 Å². The van der Waals surface area contributed by atoms with Crippen LogP contribution in [0, 0.1) is 19.7 Å². The molecule has 2 aromatic carbocycles. The van der Waals surface area contributed by atoms with E-state index >= 15 is 0 Å². The molecule has 2 heterocycles. The summed E-state index contributed by atoms with van der Waals surface area (Å²) in [6.45, 7) is 4.98. The number of rotatable bonds is 6. The molecule has 5 nitrogen and oxygen atoms in total. The van der Waals surface area contributed by atoms with Gasteiger partial charge in [-0.1, -0.05) is 41.2 Å². The van der Waals surface area contributed by atoms with Gasteiger partial charge < -0.3 is 0 Å². The quantitative estimate of drug-likeness (QED) is 0.471. The predicted molar refractivity (Wildman–Crippen MR) is 114 cm³/mol. The van der Waals surface area contributed by atoms with Crippen LogP contribution in [0.4, 0.5) is 9.52 Å². The van der Waals surface area contributed by atoms with Gasteiger partial charge in [-0.25, -0.2) is 9.37 Å². The van der Waals surface area contributed by atoms with Crippen molar-refractivity contribution < 1.29 is 9.18 Å². The zero-order chi connectivity index (χ0) is 20.4. The maximum absolute atomic E-state index is 14.1. The van der Waals surface area contributed by atoms with Crippen LogP contribution in [0.25, 0.3) is 10.2 Å². The molecule has 2 aromatic heterocycles. The fourth-order valence-electron chi connectivity index (χ4n) is 3.28. The Morgan fingerprint density at radius 3 is 2.79 bits per heavy atom. The molecule has 148 valence electrons. The molecular formula is C22H21FN4OS. The van der Waals surface area contributed by atoms with Gasteiger partial charge in [-0.05, 0) is 43.2 Å². The first-order chi connectivity index (χ1) is 14.0. The molecule has 0 aliphatic rings. The summed E-state index contributed by atoms with van der Waals surface area (Å²) in [6.07, 6.45) is 3.82. The Hall–Kier alpha value is -3.06. The van der Waals surface area contributed by atoms with Crippen LogP contribution >= 0.6 is 11.3 Å². The summed E-state index contributed by atoms with van der Waals surface area (Å²) in [7, 11) is 0. The smallest absolute Gasteiger partial charge is 0.233 e. The van der Waals surface area contributed by atoms with Gasteiger partial charge in [-0.2, -0.15) is 5.10 Å². The van der Waals surface area contributed by atoms with E-state index in [4.69, 9.17) is 0 Å². The molecule has 0 N–H and O–H groups in total. The molecular weight excluding hydrogens is 387 g/mol. The van der Waals surface area contributed by atoms with E-state index in [9.17, 15) is 9.18 Å². The summed E-state index contributed by atoms with van der Waals surface area (Å²) < 4.78 is 16.6. The average molecular weight is 409 g/mol. The minimum absolute atomic E-state index is 0.0661. The van der Waals surface area contributed by atoms with Crippen molar-refractivity contribution in [3.8, 4) is 0 Å². The number of hydrogen-bond donors (Lipinski definition) is 0. The van der Waals surface area contributed by atoms with Crippen LogP contribution in [0.1, 0.15) is 16.7 Å². The standard InChI is InChI=1S/C22H21FN4OS/c1-15-7-8-17(16(2)13-15)14-20(28)27(12-11-26-10-4-9-24-26)22-25-21-18(23)5-3-6-19(21)29-22/h3-10,13H,11-12,14H2,1-2H3. The van der Waals surface area contributed by atoms with Crippen molar-refractivity contribution in [1.82, 2.24) is 14.8 Å². The van der Waals surface area contributed by atoms with Gasteiger partial charge in [0, 0.05) is 18.9 Å². The van der Waals surface area contributed by atoms with Crippen molar-refractivity contribution in [3.05, 3.63) is 77.4 Å². The maximum atomic E-state index is 14.1. The first-order valence-electron chi connectivity index (χ1n) is 9.40. The van der Waals surface area contributed by atoms with Crippen molar-refractivity contribution in [2.75, 3.05) is 11.4 Å². The number of carbonyl (C=O) groups excluding carboxylic acids is 1. The molecule has 4 rings (SSSR count). The van der Waals surface area contributed by atoms with Crippen molar-refractivity contribution in [2.24, 2.45) is 0 Å². The maximum Gasteiger partial charge on any atom is 0.233 e. The summed E-state index contributed by atoms with van der Waals surface area (Å²) in [6, 6.07) is 12.8. The van der Waals surface area contributed by atoms with Gasteiger partial charge in [0.25, 0.3) is 0 Å². The highest BCUT2D eigenvalue weighted by Gasteiger charge is 2.21. The fraction of sp³-hybridized carbons (Fsp3) is 0.227. The minimum Gasteiger partial charge on any atom is -0.286 e. The van der Waals surface area contributed by atoms with E-state index in [1.165, 1.54) is 17.4 Å². The number of halogens is 1. The van der Waals surface area contributed by atoms with Crippen molar-refractivity contribution in [2.45, 2.75) is 26.8 Å². The molecule has 1 amide bonds. The molecule has 0 saturated heterocycles. The Balaban J connectivity index is 1.64. The molecule has 0 unspecified atom stereocenters. The van der Waals surface area contributed by atoms with Crippen LogP contribution in [-0.2, 0) is 17.8 Å². The zero-order valence-corrected chi connectivity index (χ0v) is 17.1. The molecule has 7 heteroatoms. The Labute approximate surface area is 172 Å². The van der Waals surface area contributed by atoms with E-state index in [0.717, 1.165) is 21.4 Å². The lowest BCUT2D eigenvalue weighted by atomic mass is 10.0. The topological polar surface area (TPSA) is 51.0 Å². The molecule has 0 atom stereocenters. The lowest BCUT2D eigenvalue weighted by Crippen LogP contribution is -2.35. The third kappa shape index (κ3) is 4.19. The molecule has 0 fully saturated rings. The SMILES string of the molecule is Cc1ccc(CC(=O)N(CCn2cccn2)c2nc3c(F)cccc3s2)c(C)c1. The van der Waals surface area contributed by atoms with Gasteiger partial charge in [0.2, 0.25) is 5.91 Å². The number of nitrogens with zero attached hydrogens (tertiary/aromatic N) is 4. The van der Waals surface area contributed by atoms with Crippen molar-refractivity contribution in [3.63, 3.8) is 0 Å². The van der Waals surface area contributed by atoms with E-state index in [2.05, 4.69) is 16.1 Å². The zero-order valence-electron chi connectivity index (χ0n) is 16.3. The molecule has 4 aromatic rings. The van der Waals surface area contributed by atoms with Gasteiger partial charge in [0.15, 0.2) is 5.13 Å². The summed E-state index contributed by atoms with van der Waals surface area (Å²) in [5.74, 6) is -0.442. The van der Waals surface area contributed by atoms with Gasteiger partial charge in [0.1, 0.15) is 11.3 Å². The van der Waals surface area contributed by atoms with Gasteiger partial charge in [-0.3, -0.25) is 14.4 Å². The predicted octanol–water partition coefficient (Wildman–Crippen LogP) is 4.52. The first-order valence-corrected chi connectivity index (χ1v) is 10.2. The molecule has 29 heavy (non-hydrogen) atoms. The number of carbonyl (C=O) groups is 1. The van der Waals surface area contributed by atoms with Crippen molar-refractivity contribution in [1.29, 1.82) is 0 Å². The number of fused-ring (bicyclic) bond motifs is 1. The summed E-state index contributed by atoms with van der Waals surface area (Å²) in [5, 5.41) is 4.71. The van der Waals surface area contributed by atoms with Gasteiger partial charge in [-0.15, -0.1) is 0 Å². The summed E-state index contributed by atoms with van der Waals surface area (Å²) >= 11 is 1.33. The number of anilines is 1. The minimum atomic E-state index is -0.376. The second kappa shape index (κ2) is 8.13. The number of para-hydroxylation sites is 1. The van der Waals surface area contributed by atoms with E-state index in [-0.39, 0.29) is 18.1 Å². The second-order valence-electron chi connectivity index (χ2n) is 7.00. The summed E-state index contributed by atoms with van der Waals surface area (Å²) in [5.41, 5.74) is 3.53.